The molecule has 0 aliphatic carbocycles. The number of carbonyl (C=O) groups is 3. The normalized spacial score (nSPS) is 19.5. The smallest absolute Gasteiger partial charge is 0.326 e. The number of aliphatic carboxylic acids is 2. The highest BCUT2D eigenvalue weighted by Gasteiger charge is 2.40. The van der Waals surface area contributed by atoms with Gasteiger partial charge in [0.25, 0.3) is 0 Å². The van der Waals surface area contributed by atoms with Crippen LogP contribution < -0.4 is 0 Å². The molecular formula is C15H17NO5. The van der Waals surface area contributed by atoms with Gasteiger partial charge < -0.3 is 15.1 Å². The number of nitrogens with zero attached hydrogens (tertiary/aromatic N) is 1. The average Bonchev–Trinajstić information content (AvgIpc) is 2.82. The molecule has 1 unspecified atom stereocenters. The molecule has 0 radical (unpaired) electrons. The predicted octanol–water partition coefficient (Wildman–Crippen LogP) is 1.01. The Morgan fingerprint density at radius 1 is 1.24 bits per heavy atom. The second kappa shape index (κ2) is 6.39. The van der Waals surface area contributed by atoms with Crippen LogP contribution in [-0.2, 0) is 20.8 Å². The second-order valence-electron chi connectivity index (χ2n) is 5.16. The molecule has 1 heterocycles. The monoisotopic (exact) mass is 291 g/mol. The van der Waals surface area contributed by atoms with Gasteiger partial charge >= 0.3 is 11.9 Å². The molecule has 6 nitrogen and oxygen atoms in total. The van der Waals surface area contributed by atoms with Crippen molar-refractivity contribution in [1.82, 2.24) is 4.90 Å². The summed E-state index contributed by atoms with van der Waals surface area (Å²) >= 11 is 0. The van der Waals surface area contributed by atoms with Crippen molar-refractivity contribution in [3.05, 3.63) is 35.9 Å². The first-order valence-corrected chi connectivity index (χ1v) is 6.78. The van der Waals surface area contributed by atoms with Gasteiger partial charge in [-0.2, -0.15) is 0 Å². The lowest BCUT2D eigenvalue weighted by Crippen LogP contribution is -2.42. The number of carboxylic acids is 2. The summed E-state index contributed by atoms with van der Waals surface area (Å²) in [6.07, 6.45) is 0.682. The third-order valence-corrected chi connectivity index (χ3v) is 3.72. The first-order chi connectivity index (χ1) is 9.99. The summed E-state index contributed by atoms with van der Waals surface area (Å²) in [5.41, 5.74) is 0.991. The molecule has 1 saturated heterocycles. The van der Waals surface area contributed by atoms with Gasteiger partial charge in [-0.1, -0.05) is 30.3 Å². The van der Waals surface area contributed by atoms with Crippen molar-refractivity contribution < 1.29 is 24.6 Å². The van der Waals surface area contributed by atoms with Crippen LogP contribution in [0.15, 0.2) is 30.3 Å². The van der Waals surface area contributed by atoms with E-state index in [2.05, 4.69) is 0 Å². The van der Waals surface area contributed by atoms with Crippen molar-refractivity contribution in [2.75, 3.05) is 6.54 Å². The minimum atomic E-state index is -1.09. The van der Waals surface area contributed by atoms with E-state index in [-0.39, 0.29) is 19.4 Å². The minimum absolute atomic E-state index is 0.0279. The highest BCUT2D eigenvalue weighted by molar-refractivity contribution is 5.89. The average molecular weight is 291 g/mol. The Bertz CT molecular complexity index is 542. The minimum Gasteiger partial charge on any atom is -0.481 e. The quantitative estimate of drug-likeness (QED) is 0.815. The molecule has 2 atom stereocenters. The van der Waals surface area contributed by atoms with E-state index in [1.165, 1.54) is 4.90 Å². The molecule has 1 aliphatic rings. The first-order valence-electron chi connectivity index (χ1n) is 6.78. The zero-order valence-corrected chi connectivity index (χ0v) is 11.4. The van der Waals surface area contributed by atoms with Gasteiger partial charge in [-0.15, -0.1) is 0 Å². The Morgan fingerprint density at radius 3 is 2.43 bits per heavy atom. The molecule has 21 heavy (non-hydrogen) atoms. The second-order valence-corrected chi connectivity index (χ2v) is 5.16. The first kappa shape index (κ1) is 15.0. The molecule has 2 N–H and O–H groups in total. The summed E-state index contributed by atoms with van der Waals surface area (Å²) in [4.78, 5) is 35.4. The summed E-state index contributed by atoms with van der Waals surface area (Å²) in [5.74, 6) is -3.36. The number of amides is 1. The molecule has 1 aromatic rings. The van der Waals surface area contributed by atoms with Gasteiger partial charge in [0, 0.05) is 13.0 Å². The Labute approximate surface area is 122 Å². The van der Waals surface area contributed by atoms with E-state index in [0.29, 0.717) is 6.42 Å². The Balaban J connectivity index is 2.04. The van der Waals surface area contributed by atoms with Crippen LogP contribution in [-0.4, -0.2) is 45.5 Å². The number of carboxylic acid groups (broad SMARTS) is 2. The lowest BCUT2D eigenvalue weighted by atomic mass is 10.0. The molecule has 0 bridgehead atoms. The molecule has 1 aliphatic heterocycles. The number of hydrogen-bond acceptors (Lipinski definition) is 3. The van der Waals surface area contributed by atoms with E-state index in [1.54, 1.807) is 0 Å². The maximum Gasteiger partial charge on any atom is 0.326 e. The van der Waals surface area contributed by atoms with Crippen molar-refractivity contribution in [2.24, 2.45) is 5.92 Å². The number of carbonyl (C=O) groups excluding carboxylic acids is 1. The van der Waals surface area contributed by atoms with Crippen LogP contribution in [0.2, 0.25) is 0 Å². The van der Waals surface area contributed by atoms with Crippen LogP contribution in [0, 0.1) is 5.92 Å². The molecule has 1 fully saturated rings. The SMILES string of the molecule is O=C(O)C1CC(=O)N([C@@H](CCc2ccccc2)C(=O)O)C1. The van der Waals surface area contributed by atoms with Gasteiger partial charge in [-0.25, -0.2) is 4.79 Å². The van der Waals surface area contributed by atoms with E-state index < -0.39 is 29.8 Å². The number of aryl methyl sites for hydroxylation is 1. The molecular weight excluding hydrogens is 274 g/mol. The number of rotatable bonds is 6. The van der Waals surface area contributed by atoms with Crippen molar-refractivity contribution in [3.8, 4) is 0 Å². The van der Waals surface area contributed by atoms with Gasteiger partial charge in [-0.3, -0.25) is 9.59 Å². The zero-order chi connectivity index (χ0) is 15.4. The van der Waals surface area contributed by atoms with Gasteiger partial charge in [0.05, 0.1) is 5.92 Å². The third kappa shape index (κ3) is 3.59. The molecule has 6 heteroatoms. The third-order valence-electron chi connectivity index (χ3n) is 3.72. The summed E-state index contributed by atoms with van der Waals surface area (Å²) in [6.45, 7) is -0.0279. The largest absolute Gasteiger partial charge is 0.481 e. The molecule has 112 valence electrons. The lowest BCUT2D eigenvalue weighted by Gasteiger charge is -2.24. The van der Waals surface area contributed by atoms with Crippen LogP contribution in [0.4, 0.5) is 0 Å². The molecule has 1 amide bonds. The van der Waals surface area contributed by atoms with Gasteiger partial charge in [0.15, 0.2) is 0 Å². The number of likely N-dealkylation sites (tertiary alicyclic amines) is 1. The summed E-state index contributed by atoms with van der Waals surface area (Å²) in [5, 5.41) is 18.3. The van der Waals surface area contributed by atoms with E-state index in [0.717, 1.165) is 5.56 Å². The summed E-state index contributed by atoms with van der Waals surface area (Å²) in [7, 11) is 0. The Morgan fingerprint density at radius 2 is 1.90 bits per heavy atom. The van der Waals surface area contributed by atoms with Crippen LogP contribution in [0.5, 0.6) is 0 Å². The van der Waals surface area contributed by atoms with Crippen molar-refractivity contribution in [1.29, 1.82) is 0 Å². The maximum absolute atomic E-state index is 11.8. The maximum atomic E-state index is 11.8. The molecule has 0 saturated carbocycles. The lowest BCUT2D eigenvalue weighted by molar-refractivity contribution is -0.148. The Kier molecular flexibility index (Phi) is 4.57. The fourth-order valence-corrected chi connectivity index (χ4v) is 2.56. The van der Waals surface area contributed by atoms with E-state index in [4.69, 9.17) is 5.11 Å². The topological polar surface area (TPSA) is 94.9 Å². The zero-order valence-electron chi connectivity index (χ0n) is 11.4. The van der Waals surface area contributed by atoms with Gasteiger partial charge in [0.2, 0.25) is 5.91 Å². The van der Waals surface area contributed by atoms with E-state index >= 15 is 0 Å². The van der Waals surface area contributed by atoms with E-state index in [1.807, 2.05) is 30.3 Å². The predicted molar refractivity (Wildman–Crippen MR) is 73.6 cm³/mol. The Hall–Kier alpha value is -2.37. The van der Waals surface area contributed by atoms with Crippen LogP contribution in [0.1, 0.15) is 18.4 Å². The van der Waals surface area contributed by atoms with Crippen molar-refractivity contribution in [3.63, 3.8) is 0 Å². The van der Waals surface area contributed by atoms with Crippen LogP contribution in [0.25, 0.3) is 0 Å². The highest BCUT2D eigenvalue weighted by atomic mass is 16.4. The standard InChI is InChI=1S/C15H17NO5/c17-13-8-11(14(18)19)9-16(13)12(15(20)21)7-6-10-4-2-1-3-5-10/h1-5,11-12H,6-9H2,(H,18,19)(H,20,21)/t11?,12-/m0/s1. The van der Waals surface area contributed by atoms with Gasteiger partial charge in [-0.05, 0) is 18.4 Å². The van der Waals surface area contributed by atoms with E-state index in [9.17, 15) is 19.5 Å². The number of benzene rings is 1. The highest BCUT2D eigenvalue weighted by Crippen LogP contribution is 2.23. The molecule has 0 spiro atoms. The molecule has 1 aromatic carbocycles. The molecule has 0 aromatic heterocycles. The summed E-state index contributed by atoms with van der Waals surface area (Å²) in [6, 6.07) is 8.43. The fourth-order valence-electron chi connectivity index (χ4n) is 2.56. The van der Waals surface area contributed by atoms with Crippen LogP contribution in [0.3, 0.4) is 0 Å². The van der Waals surface area contributed by atoms with Gasteiger partial charge in [0.1, 0.15) is 6.04 Å². The molecule has 2 rings (SSSR count). The number of hydrogen-bond donors (Lipinski definition) is 2. The fraction of sp³-hybridized carbons (Fsp3) is 0.400. The van der Waals surface area contributed by atoms with Crippen molar-refractivity contribution in [2.45, 2.75) is 25.3 Å². The summed E-state index contributed by atoms with van der Waals surface area (Å²) < 4.78 is 0. The van der Waals surface area contributed by atoms with Crippen LogP contribution >= 0.6 is 0 Å². The van der Waals surface area contributed by atoms with Crippen molar-refractivity contribution >= 4 is 17.8 Å².